The molecule has 10 heteroatoms. The molecular formula is C15H18BrN5O4. The van der Waals surface area contributed by atoms with Crippen molar-refractivity contribution < 1.29 is 20.1 Å². The number of imidazole rings is 1. The van der Waals surface area contributed by atoms with E-state index >= 15 is 0 Å². The summed E-state index contributed by atoms with van der Waals surface area (Å²) in [5, 5.41) is 34.0. The summed E-state index contributed by atoms with van der Waals surface area (Å²) in [4.78, 5) is 13.0. The quantitative estimate of drug-likeness (QED) is 0.412. The van der Waals surface area contributed by atoms with Gasteiger partial charge in [0.05, 0.1) is 6.61 Å². The van der Waals surface area contributed by atoms with Crippen LogP contribution in [-0.4, -0.2) is 65.3 Å². The highest BCUT2D eigenvalue weighted by atomic mass is 79.9. The molecule has 25 heavy (non-hydrogen) atoms. The van der Waals surface area contributed by atoms with Crippen LogP contribution in [0.4, 0.5) is 5.82 Å². The van der Waals surface area contributed by atoms with Crippen LogP contribution in [0.3, 0.4) is 0 Å². The number of aliphatic hydroxyl groups excluding tert-OH is 2. The molecule has 3 heterocycles. The van der Waals surface area contributed by atoms with Crippen LogP contribution in [-0.2, 0) is 10.5 Å². The minimum absolute atomic E-state index is 0.143. The molecule has 4 rings (SSSR count). The number of aromatic nitrogens is 4. The molecule has 1 aliphatic heterocycles. The van der Waals surface area contributed by atoms with Crippen molar-refractivity contribution >= 4 is 32.9 Å². The lowest BCUT2D eigenvalue weighted by molar-refractivity contribution is -0.160. The summed E-state index contributed by atoms with van der Waals surface area (Å²) < 4.78 is 7.77. The van der Waals surface area contributed by atoms with Gasteiger partial charge in [0.1, 0.15) is 18.5 Å². The Bertz CT molecular complexity index is 871. The number of fused-ring (bicyclic) bond motifs is 2. The molecule has 4 N–H and O–H groups in total. The molecule has 2 aliphatic rings. The first-order valence-electron chi connectivity index (χ1n) is 7.89. The van der Waals surface area contributed by atoms with E-state index in [2.05, 4.69) is 36.2 Å². The zero-order valence-electron chi connectivity index (χ0n) is 13.6. The Balaban J connectivity index is 1.91. The predicted octanol–water partition coefficient (Wildman–Crippen LogP) is 0.115. The summed E-state index contributed by atoms with van der Waals surface area (Å²) in [5.74, 6) is 0.556. The van der Waals surface area contributed by atoms with Gasteiger partial charge in [0.15, 0.2) is 27.3 Å². The van der Waals surface area contributed by atoms with Gasteiger partial charge in [0.25, 0.3) is 0 Å². The lowest BCUT2D eigenvalue weighted by Crippen LogP contribution is -2.61. The molecular weight excluding hydrogens is 394 g/mol. The van der Waals surface area contributed by atoms with Crippen molar-refractivity contribution in [2.24, 2.45) is 0 Å². The van der Waals surface area contributed by atoms with Gasteiger partial charge in [-0.3, -0.25) is 4.57 Å². The third-order valence-electron chi connectivity index (χ3n) is 4.61. The topological polar surface area (TPSA) is 126 Å². The first kappa shape index (κ1) is 16.9. The summed E-state index contributed by atoms with van der Waals surface area (Å²) in [6.07, 6.45) is 2.27. The average molecular weight is 412 g/mol. The van der Waals surface area contributed by atoms with Crippen LogP contribution < -0.4 is 5.32 Å². The number of anilines is 1. The van der Waals surface area contributed by atoms with Gasteiger partial charge in [0, 0.05) is 6.04 Å². The van der Waals surface area contributed by atoms with Crippen molar-refractivity contribution in [1.29, 1.82) is 0 Å². The van der Waals surface area contributed by atoms with Gasteiger partial charge in [-0.1, -0.05) is 0 Å². The van der Waals surface area contributed by atoms with E-state index in [-0.39, 0.29) is 6.04 Å². The number of hydrogen-bond acceptors (Lipinski definition) is 8. The smallest absolute Gasteiger partial charge is 0.203 e. The van der Waals surface area contributed by atoms with Crippen LogP contribution in [0.5, 0.6) is 0 Å². The van der Waals surface area contributed by atoms with Crippen LogP contribution in [0, 0.1) is 0 Å². The molecule has 0 saturated carbocycles. The van der Waals surface area contributed by atoms with Gasteiger partial charge in [-0.25, -0.2) is 15.0 Å². The second-order valence-electron chi connectivity index (χ2n) is 6.55. The molecule has 0 amide bonds. The molecule has 1 fully saturated rings. The highest BCUT2D eigenvalue weighted by Gasteiger charge is 2.69. The van der Waals surface area contributed by atoms with E-state index in [1.165, 1.54) is 12.4 Å². The maximum atomic E-state index is 10.9. The third-order valence-corrected chi connectivity index (χ3v) is 5.14. The Morgan fingerprint density at radius 3 is 2.76 bits per heavy atom. The number of nitrogens with one attached hydrogen (secondary N) is 1. The van der Waals surface area contributed by atoms with Crippen molar-refractivity contribution in [2.45, 2.75) is 43.4 Å². The predicted molar refractivity (Wildman–Crippen MR) is 91.8 cm³/mol. The number of halogens is 1. The third kappa shape index (κ3) is 2.05. The van der Waals surface area contributed by atoms with Crippen molar-refractivity contribution in [3.63, 3.8) is 0 Å². The van der Waals surface area contributed by atoms with Crippen LogP contribution in [0.1, 0.15) is 13.8 Å². The Morgan fingerprint density at radius 1 is 1.40 bits per heavy atom. The van der Waals surface area contributed by atoms with Gasteiger partial charge in [-0.2, -0.15) is 0 Å². The number of nitrogens with zero attached hydrogens (tertiary/aromatic N) is 4. The fraction of sp³-hybridized carbons (Fsp3) is 0.533. The molecule has 2 aromatic heterocycles. The molecule has 4 atom stereocenters. The van der Waals surface area contributed by atoms with E-state index in [1.54, 1.807) is 10.6 Å². The summed E-state index contributed by atoms with van der Waals surface area (Å²) >= 11 is 3.39. The van der Waals surface area contributed by atoms with Crippen molar-refractivity contribution in [3.05, 3.63) is 23.2 Å². The normalized spacial score (nSPS) is 33.7. The van der Waals surface area contributed by atoms with Crippen molar-refractivity contribution in [2.75, 3.05) is 11.9 Å². The monoisotopic (exact) mass is 411 g/mol. The average Bonchev–Trinajstić information content (AvgIpc) is 2.96. The van der Waals surface area contributed by atoms with Gasteiger partial charge in [-0.05, 0) is 41.9 Å². The number of rotatable bonds is 4. The summed E-state index contributed by atoms with van der Waals surface area (Å²) in [7, 11) is 0. The van der Waals surface area contributed by atoms with Gasteiger partial charge >= 0.3 is 0 Å². The van der Waals surface area contributed by atoms with E-state index in [0.717, 1.165) is 0 Å². The molecule has 0 bridgehead atoms. The van der Waals surface area contributed by atoms with Crippen LogP contribution in [0.2, 0.25) is 0 Å². The zero-order chi connectivity index (χ0) is 18.0. The Labute approximate surface area is 151 Å². The molecule has 0 spiro atoms. The molecule has 1 aliphatic carbocycles. The Hall–Kier alpha value is -1.59. The molecule has 2 aromatic rings. The van der Waals surface area contributed by atoms with E-state index in [0.29, 0.717) is 21.7 Å². The second kappa shape index (κ2) is 5.45. The summed E-state index contributed by atoms with van der Waals surface area (Å²) in [6, 6.07) is 0.143. The van der Waals surface area contributed by atoms with Gasteiger partial charge < -0.3 is 25.4 Å². The fourth-order valence-electron chi connectivity index (χ4n) is 3.40. The number of ether oxygens (including phenoxy) is 1. The largest absolute Gasteiger partial charge is 0.394 e. The van der Waals surface area contributed by atoms with Gasteiger partial charge in [-0.15, -0.1) is 0 Å². The van der Waals surface area contributed by atoms with E-state index in [4.69, 9.17) is 4.74 Å². The van der Waals surface area contributed by atoms with Crippen LogP contribution >= 0.6 is 15.9 Å². The molecule has 0 radical (unpaired) electrons. The van der Waals surface area contributed by atoms with E-state index < -0.39 is 30.1 Å². The van der Waals surface area contributed by atoms with Crippen molar-refractivity contribution in [3.8, 4) is 0 Å². The second-order valence-corrected chi connectivity index (χ2v) is 7.26. The number of hydrogen-bond donors (Lipinski definition) is 4. The fourth-order valence-corrected chi connectivity index (χ4v) is 4.01. The van der Waals surface area contributed by atoms with Crippen LogP contribution in [0.25, 0.3) is 11.2 Å². The highest BCUT2D eigenvalue weighted by Crippen LogP contribution is 2.53. The number of aliphatic hydroxyl groups is 3. The molecule has 1 saturated heterocycles. The SMILES string of the molecule is CC(C)Nc1ncnc2c1nc(Br)n2[C@@]12C=C[C@@]1(O)[C@H](O)[C@@H](CO)O2. The molecule has 0 unspecified atom stereocenters. The van der Waals surface area contributed by atoms with Gasteiger partial charge in [0.2, 0.25) is 5.72 Å². The Morgan fingerprint density at radius 2 is 2.16 bits per heavy atom. The highest BCUT2D eigenvalue weighted by molar-refractivity contribution is 9.10. The molecule has 9 nitrogen and oxygen atoms in total. The lowest BCUT2D eigenvalue weighted by atomic mass is 9.76. The Kier molecular flexibility index (Phi) is 3.68. The summed E-state index contributed by atoms with van der Waals surface area (Å²) in [6.45, 7) is 3.54. The van der Waals surface area contributed by atoms with Crippen molar-refractivity contribution in [1.82, 2.24) is 19.5 Å². The standard InChI is InChI=1S/C15H18BrN5O4/c1-7(2)19-11-9-12(18-6-17-11)21(13(16)20-9)15-4-3-14(15,24)10(23)8(5-22)25-15/h3-4,6-8,10,22-24H,5H2,1-2H3,(H,17,18,19)/t8-,10-,14-,15-/m1/s1. The maximum Gasteiger partial charge on any atom is 0.203 e. The molecule has 134 valence electrons. The summed E-state index contributed by atoms with van der Waals surface area (Å²) in [5.41, 5.74) is -2.16. The first-order valence-corrected chi connectivity index (χ1v) is 8.69. The minimum atomic E-state index is -1.69. The first-order chi connectivity index (χ1) is 11.8. The lowest BCUT2D eigenvalue weighted by Gasteiger charge is -2.45. The van der Waals surface area contributed by atoms with Crippen LogP contribution in [0.15, 0.2) is 23.2 Å². The molecule has 0 aromatic carbocycles. The van der Waals surface area contributed by atoms with E-state index in [1.807, 2.05) is 13.8 Å². The zero-order valence-corrected chi connectivity index (χ0v) is 15.2. The minimum Gasteiger partial charge on any atom is -0.394 e. The maximum absolute atomic E-state index is 10.9. The van der Waals surface area contributed by atoms with E-state index in [9.17, 15) is 15.3 Å².